The standard InChI is InChI=1S/C39H46O5S/c1-27-21-22-32(39(3,4)5)23-33(27)45-37(40)36(42-26-30-17-11-7-12-18-30)35(41-25-29-15-9-6-10-16-29)34-28(2)24-43-38(44-34)31-19-13-8-14-20-31/h6-23,28,34-38,40H,24-26H2,1-5H3. The van der Waals surface area contributed by atoms with E-state index in [-0.39, 0.29) is 11.3 Å². The number of aliphatic hydroxyl groups is 1. The number of benzene rings is 4. The van der Waals surface area contributed by atoms with Gasteiger partial charge in [0.15, 0.2) is 6.29 Å². The average Bonchev–Trinajstić information content (AvgIpc) is 3.05. The maximum Gasteiger partial charge on any atom is 0.184 e. The molecule has 5 rings (SSSR count). The smallest absolute Gasteiger partial charge is 0.184 e. The van der Waals surface area contributed by atoms with Gasteiger partial charge < -0.3 is 24.1 Å². The molecule has 0 aliphatic carbocycles. The molecule has 1 heterocycles. The number of aliphatic hydroxyl groups excluding tert-OH is 1. The molecule has 0 spiro atoms. The Kier molecular flexibility index (Phi) is 11.5. The largest absolute Gasteiger partial charge is 0.379 e. The first-order valence-corrected chi connectivity index (χ1v) is 16.7. The van der Waals surface area contributed by atoms with E-state index in [9.17, 15) is 5.11 Å². The molecule has 0 bridgehead atoms. The molecule has 0 amide bonds. The lowest BCUT2D eigenvalue weighted by Crippen LogP contribution is -2.52. The monoisotopic (exact) mass is 626 g/mol. The Morgan fingerprint density at radius 2 is 1.40 bits per heavy atom. The molecule has 238 valence electrons. The molecular formula is C39H46O5S. The molecule has 4 aromatic carbocycles. The summed E-state index contributed by atoms with van der Waals surface area (Å²) in [7, 11) is 0. The molecule has 6 heteroatoms. The van der Waals surface area contributed by atoms with Crippen LogP contribution >= 0.6 is 11.8 Å². The minimum atomic E-state index is -0.933. The van der Waals surface area contributed by atoms with Crippen molar-refractivity contribution in [2.75, 3.05) is 6.61 Å². The van der Waals surface area contributed by atoms with Crippen LogP contribution in [0.5, 0.6) is 0 Å². The zero-order chi connectivity index (χ0) is 31.8. The molecule has 5 nitrogen and oxygen atoms in total. The van der Waals surface area contributed by atoms with Gasteiger partial charge in [-0.3, -0.25) is 0 Å². The second-order valence-corrected chi connectivity index (χ2v) is 14.1. The van der Waals surface area contributed by atoms with Crippen molar-refractivity contribution in [1.29, 1.82) is 0 Å². The van der Waals surface area contributed by atoms with Crippen molar-refractivity contribution in [3.63, 3.8) is 0 Å². The summed E-state index contributed by atoms with van der Waals surface area (Å²) in [5.74, 6) is -0.00304. The average molecular weight is 627 g/mol. The molecule has 1 N–H and O–H groups in total. The van der Waals surface area contributed by atoms with Crippen molar-refractivity contribution >= 4 is 11.8 Å². The Bertz CT molecular complexity index is 1460. The minimum absolute atomic E-state index is 0.00304. The lowest BCUT2D eigenvalue weighted by atomic mass is 9.87. The zero-order valence-corrected chi connectivity index (χ0v) is 27.8. The lowest BCUT2D eigenvalue weighted by molar-refractivity contribution is -0.280. The Morgan fingerprint density at radius 3 is 2.00 bits per heavy atom. The summed E-state index contributed by atoms with van der Waals surface area (Å²) >= 11 is 1.42. The van der Waals surface area contributed by atoms with Gasteiger partial charge in [-0.25, -0.2) is 0 Å². The second-order valence-electron chi connectivity index (χ2n) is 12.9. The molecule has 1 aliphatic rings. The molecule has 6 atom stereocenters. The molecule has 4 aromatic rings. The summed E-state index contributed by atoms with van der Waals surface area (Å²) in [5.41, 5.74) is 4.38. The van der Waals surface area contributed by atoms with Crippen LogP contribution < -0.4 is 0 Å². The van der Waals surface area contributed by atoms with Crippen molar-refractivity contribution in [1.82, 2.24) is 0 Å². The van der Waals surface area contributed by atoms with Crippen LogP contribution in [0.3, 0.4) is 0 Å². The Morgan fingerprint density at radius 1 is 0.822 bits per heavy atom. The summed E-state index contributed by atoms with van der Waals surface area (Å²) in [6.45, 7) is 12.0. The fraction of sp³-hybridized carbons (Fsp3) is 0.385. The van der Waals surface area contributed by atoms with E-state index in [1.165, 1.54) is 17.3 Å². The fourth-order valence-corrected chi connectivity index (χ4v) is 6.55. The van der Waals surface area contributed by atoms with Gasteiger partial charge in [-0.15, -0.1) is 0 Å². The van der Waals surface area contributed by atoms with Crippen molar-refractivity contribution in [3.05, 3.63) is 137 Å². The maximum atomic E-state index is 12.1. The van der Waals surface area contributed by atoms with Gasteiger partial charge in [-0.05, 0) is 40.7 Å². The fourth-order valence-electron chi connectivity index (χ4n) is 5.48. The SMILES string of the molecule is Cc1ccc(C(C)(C)C)cc1SC(O)C(OCc1ccccc1)C(OCc1ccccc1)C1OC(c2ccccc2)OCC1C. The van der Waals surface area contributed by atoms with E-state index >= 15 is 0 Å². The number of thioether (sulfide) groups is 1. The van der Waals surface area contributed by atoms with E-state index in [0.717, 1.165) is 27.1 Å². The topological polar surface area (TPSA) is 57.2 Å². The van der Waals surface area contributed by atoms with Crippen LogP contribution in [-0.2, 0) is 37.6 Å². The second kappa shape index (κ2) is 15.5. The molecule has 0 saturated carbocycles. The highest BCUT2D eigenvalue weighted by Gasteiger charge is 2.43. The number of rotatable bonds is 12. The van der Waals surface area contributed by atoms with Crippen molar-refractivity contribution in [2.24, 2.45) is 5.92 Å². The van der Waals surface area contributed by atoms with Crippen molar-refractivity contribution < 1.29 is 24.1 Å². The van der Waals surface area contributed by atoms with E-state index in [2.05, 4.69) is 52.8 Å². The third kappa shape index (κ3) is 9.07. The van der Waals surface area contributed by atoms with Gasteiger partial charge in [-0.2, -0.15) is 0 Å². The molecule has 1 fully saturated rings. The number of ether oxygens (including phenoxy) is 4. The maximum absolute atomic E-state index is 12.1. The van der Waals surface area contributed by atoms with Crippen LogP contribution in [0.1, 0.15) is 61.8 Å². The Balaban J connectivity index is 1.49. The summed E-state index contributed by atoms with van der Waals surface area (Å²) in [6, 6.07) is 36.6. The Hall–Kier alpha value is -2.97. The Labute approximate surface area is 272 Å². The third-order valence-electron chi connectivity index (χ3n) is 8.22. The van der Waals surface area contributed by atoms with Crippen LogP contribution in [-0.4, -0.2) is 35.5 Å². The molecule has 6 unspecified atom stereocenters. The van der Waals surface area contributed by atoms with Crippen LogP contribution in [0.4, 0.5) is 0 Å². The summed E-state index contributed by atoms with van der Waals surface area (Å²) in [4.78, 5) is 1.02. The van der Waals surface area contributed by atoms with Gasteiger partial charge in [0, 0.05) is 16.4 Å². The lowest BCUT2D eigenvalue weighted by Gasteiger charge is -2.42. The highest BCUT2D eigenvalue weighted by atomic mass is 32.2. The molecule has 1 saturated heterocycles. The quantitative estimate of drug-likeness (QED) is 0.126. The molecular weight excluding hydrogens is 580 g/mol. The number of hydrogen-bond donors (Lipinski definition) is 1. The minimum Gasteiger partial charge on any atom is -0.379 e. The van der Waals surface area contributed by atoms with Gasteiger partial charge in [0.1, 0.15) is 17.6 Å². The predicted molar refractivity (Wildman–Crippen MR) is 181 cm³/mol. The normalized spacial score (nSPS) is 20.8. The van der Waals surface area contributed by atoms with Crippen molar-refractivity contribution in [2.45, 2.75) is 88.2 Å². The highest BCUT2D eigenvalue weighted by Crippen LogP contribution is 2.38. The summed E-state index contributed by atoms with van der Waals surface area (Å²) < 4.78 is 26.3. The predicted octanol–water partition coefficient (Wildman–Crippen LogP) is 8.62. The summed E-state index contributed by atoms with van der Waals surface area (Å²) in [6.07, 6.45) is -2.24. The third-order valence-corrected chi connectivity index (χ3v) is 9.43. The molecule has 1 aliphatic heterocycles. The summed E-state index contributed by atoms with van der Waals surface area (Å²) in [5, 5.41) is 12.1. The van der Waals surface area contributed by atoms with Gasteiger partial charge in [0.25, 0.3) is 0 Å². The van der Waals surface area contributed by atoms with Gasteiger partial charge in [-0.1, -0.05) is 143 Å². The highest BCUT2D eigenvalue weighted by molar-refractivity contribution is 7.99. The van der Waals surface area contributed by atoms with Crippen LogP contribution in [0.25, 0.3) is 0 Å². The van der Waals surface area contributed by atoms with E-state index in [4.69, 9.17) is 18.9 Å². The molecule has 0 radical (unpaired) electrons. The van der Waals surface area contributed by atoms with Crippen LogP contribution in [0, 0.1) is 12.8 Å². The first-order valence-electron chi connectivity index (χ1n) is 15.8. The van der Waals surface area contributed by atoms with Crippen molar-refractivity contribution in [3.8, 4) is 0 Å². The molecule has 45 heavy (non-hydrogen) atoms. The van der Waals surface area contributed by atoms with Gasteiger partial charge in [0.2, 0.25) is 0 Å². The van der Waals surface area contributed by atoms with Gasteiger partial charge >= 0.3 is 0 Å². The van der Waals surface area contributed by atoms with E-state index < -0.39 is 30.0 Å². The van der Waals surface area contributed by atoms with Gasteiger partial charge in [0.05, 0.1) is 25.9 Å². The number of hydrogen-bond acceptors (Lipinski definition) is 6. The zero-order valence-electron chi connectivity index (χ0n) is 27.0. The number of aryl methyl sites for hydroxylation is 1. The first-order chi connectivity index (χ1) is 21.7. The van der Waals surface area contributed by atoms with Crippen LogP contribution in [0.15, 0.2) is 114 Å². The van der Waals surface area contributed by atoms with E-state index in [0.29, 0.717) is 19.8 Å². The first kappa shape index (κ1) is 33.4. The van der Waals surface area contributed by atoms with E-state index in [1.807, 2.05) is 91.0 Å². The van der Waals surface area contributed by atoms with E-state index in [1.54, 1.807) is 0 Å². The molecule has 0 aromatic heterocycles. The van der Waals surface area contributed by atoms with Crippen LogP contribution in [0.2, 0.25) is 0 Å².